The van der Waals surface area contributed by atoms with E-state index in [1.54, 1.807) is 6.08 Å². The number of fused-ring (bicyclic) bond motifs is 1. The summed E-state index contributed by atoms with van der Waals surface area (Å²) in [4.78, 5) is 11.8. The van der Waals surface area contributed by atoms with E-state index in [9.17, 15) is 4.79 Å². The predicted octanol–water partition coefficient (Wildman–Crippen LogP) is 2.35. The Morgan fingerprint density at radius 1 is 1.25 bits per heavy atom. The molecule has 0 aromatic rings. The van der Waals surface area contributed by atoms with Gasteiger partial charge in [0.2, 0.25) is 0 Å². The van der Waals surface area contributed by atoms with Gasteiger partial charge in [-0.25, -0.2) is 0 Å². The summed E-state index contributed by atoms with van der Waals surface area (Å²) in [5.41, 5.74) is 1.11. The summed E-state index contributed by atoms with van der Waals surface area (Å²) < 4.78 is 12.0. The number of hydrogen-bond donors (Lipinski definition) is 0. The average Bonchev–Trinajstić information content (AvgIpc) is 2.57. The van der Waals surface area contributed by atoms with Gasteiger partial charge in [-0.3, -0.25) is 4.79 Å². The molecule has 3 aliphatic rings. The minimum atomic E-state index is -0.429. The van der Waals surface area contributed by atoms with E-state index in [0.717, 1.165) is 37.7 Å². The molecule has 0 unspecified atom stereocenters. The predicted molar refractivity (Wildman–Crippen MR) is 58.9 cm³/mol. The van der Waals surface area contributed by atoms with E-state index in [0.29, 0.717) is 0 Å². The van der Waals surface area contributed by atoms with Crippen LogP contribution in [0.25, 0.3) is 0 Å². The van der Waals surface area contributed by atoms with Gasteiger partial charge < -0.3 is 9.47 Å². The van der Waals surface area contributed by atoms with Crippen LogP contribution in [0.5, 0.6) is 0 Å². The molecule has 1 spiro atoms. The quantitative estimate of drug-likeness (QED) is 0.631. The third-order valence-electron chi connectivity index (χ3n) is 3.85. The summed E-state index contributed by atoms with van der Waals surface area (Å²) in [6.45, 7) is 1.99. The summed E-state index contributed by atoms with van der Waals surface area (Å²) in [6.07, 6.45) is 7.66. The topological polar surface area (TPSA) is 35.5 Å². The van der Waals surface area contributed by atoms with E-state index in [-0.39, 0.29) is 18.0 Å². The van der Waals surface area contributed by atoms with E-state index in [2.05, 4.69) is 0 Å². The first-order valence-corrected chi connectivity index (χ1v) is 6.25. The normalized spacial score (nSPS) is 37.3. The second kappa shape index (κ2) is 3.67. The molecule has 16 heavy (non-hydrogen) atoms. The molecule has 1 heterocycles. The van der Waals surface area contributed by atoms with E-state index in [4.69, 9.17) is 9.47 Å². The van der Waals surface area contributed by atoms with Crippen LogP contribution in [0.3, 0.4) is 0 Å². The van der Waals surface area contributed by atoms with Crippen molar-refractivity contribution in [2.45, 2.75) is 63.4 Å². The first-order valence-electron chi connectivity index (χ1n) is 6.25. The van der Waals surface area contributed by atoms with Gasteiger partial charge in [0.05, 0.1) is 6.10 Å². The molecule has 0 bridgehead atoms. The van der Waals surface area contributed by atoms with Crippen molar-refractivity contribution in [1.82, 2.24) is 0 Å². The lowest BCUT2D eigenvalue weighted by Gasteiger charge is -2.31. The smallest absolute Gasteiger partial charge is 0.187 e. The molecule has 3 heteroatoms. The van der Waals surface area contributed by atoms with Crippen LogP contribution in [0.15, 0.2) is 11.6 Å². The van der Waals surface area contributed by atoms with Crippen LogP contribution < -0.4 is 0 Å². The molecule has 3 rings (SSSR count). The highest BCUT2D eigenvalue weighted by atomic mass is 16.8. The lowest BCUT2D eigenvalue weighted by Crippen LogP contribution is -2.35. The zero-order valence-corrected chi connectivity index (χ0v) is 9.70. The first-order chi connectivity index (χ1) is 7.69. The zero-order chi connectivity index (χ0) is 11.2. The molecule has 0 amide bonds. The van der Waals surface area contributed by atoms with E-state index < -0.39 is 5.79 Å². The average molecular weight is 222 g/mol. The number of carbonyl (C=O) groups is 1. The maximum absolute atomic E-state index is 11.8. The molecule has 88 valence electrons. The molecule has 0 aromatic carbocycles. The van der Waals surface area contributed by atoms with Gasteiger partial charge in [-0.1, -0.05) is 12.0 Å². The molecule has 2 atom stereocenters. The second-order valence-corrected chi connectivity index (χ2v) is 5.26. The Bertz CT molecular complexity index is 339. The molecule has 2 aliphatic carbocycles. The Morgan fingerprint density at radius 2 is 2.00 bits per heavy atom. The van der Waals surface area contributed by atoms with Gasteiger partial charge in [-0.05, 0) is 32.3 Å². The molecule has 3 nitrogen and oxygen atoms in total. The van der Waals surface area contributed by atoms with Crippen molar-refractivity contribution in [3.8, 4) is 0 Å². The Balaban J connectivity index is 1.80. The largest absolute Gasteiger partial charge is 0.343 e. The zero-order valence-electron chi connectivity index (χ0n) is 9.70. The molecule has 2 fully saturated rings. The van der Waals surface area contributed by atoms with Crippen molar-refractivity contribution in [3.05, 3.63) is 11.6 Å². The Hall–Kier alpha value is -0.670. The Morgan fingerprint density at radius 3 is 2.75 bits per heavy atom. The molecule has 1 saturated carbocycles. The van der Waals surface area contributed by atoms with Gasteiger partial charge in [-0.2, -0.15) is 0 Å². The highest BCUT2D eigenvalue weighted by molar-refractivity contribution is 5.95. The molecule has 0 N–H and O–H groups in total. The summed E-state index contributed by atoms with van der Waals surface area (Å²) in [6, 6.07) is 0. The maximum atomic E-state index is 11.8. The number of hydrogen-bond acceptors (Lipinski definition) is 3. The third-order valence-corrected chi connectivity index (χ3v) is 3.85. The highest BCUT2D eigenvalue weighted by Gasteiger charge is 2.51. The molecular formula is C13H18O3. The fourth-order valence-corrected chi connectivity index (χ4v) is 3.09. The molecular weight excluding hydrogens is 204 g/mol. The summed E-state index contributed by atoms with van der Waals surface area (Å²) in [7, 11) is 0. The van der Waals surface area contributed by atoms with Gasteiger partial charge in [0.25, 0.3) is 0 Å². The number of rotatable bonds is 0. The Kier molecular flexibility index (Phi) is 2.41. The van der Waals surface area contributed by atoms with Gasteiger partial charge in [0.1, 0.15) is 6.10 Å². The van der Waals surface area contributed by atoms with Crippen molar-refractivity contribution < 1.29 is 14.3 Å². The molecule has 0 aromatic heterocycles. The van der Waals surface area contributed by atoms with Gasteiger partial charge >= 0.3 is 0 Å². The van der Waals surface area contributed by atoms with Crippen molar-refractivity contribution in [2.75, 3.05) is 0 Å². The third kappa shape index (κ3) is 1.62. The number of ether oxygens (including phenoxy) is 2. The fraction of sp³-hybridized carbons (Fsp3) is 0.769. The fourth-order valence-electron chi connectivity index (χ4n) is 3.09. The van der Waals surface area contributed by atoms with E-state index >= 15 is 0 Å². The van der Waals surface area contributed by atoms with Gasteiger partial charge in [-0.15, -0.1) is 0 Å². The van der Waals surface area contributed by atoms with Crippen LogP contribution in [-0.4, -0.2) is 23.8 Å². The van der Waals surface area contributed by atoms with Crippen LogP contribution in [0.1, 0.15) is 45.4 Å². The standard InChI is InChI=1S/C13H18O3/c1-9-7-10(14)12-11(8-9)15-13(16-12)5-3-2-4-6-13/h7,11-12H,2-6,8H2,1H3/t11-,12+/m1/s1. The first kappa shape index (κ1) is 10.5. The minimum Gasteiger partial charge on any atom is -0.343 e. The highest BCUT2D eigenvalue weighted by Crippen LogP contribution is 2.43. The molecule has 1 aliphatic heterocycles. The SMILES string of the molecule is CC1=CC(=O)[C@@H]2OC3(CCCCC3)O[C@@H]2C1. The summed E-state index contributed by atoms with van der Waals surface area (Å²) in [5, 5.41) is 0. The van der Waals surface area contributed by atoms with Crippen molar-refractivity contribution in [2.24, 2.45) is 0 Å². The van der Waals surface area contributed by atoms with Crippen molar-refractivity contribution >= 4 is 5.78 Å². The lowest BCUT2D eigenvalue weighted by molar-refractivity contribution is -0.193. The van der Waals surface area contributed by atoms with Crippen LogP contribution in [0, 0.1) is 0 Å². The monoisotopic (exact) mass is 222 g/mol. The van der Waals surface area contributed by atoms with Gasteiger partial charge in [0.15, 0.2) is 11.6 Å². The number of ketones is 1. The lowest BCUT2D eigenvalue weighted by atomic mass is 9.94. The van der Waals surface area contributed by atoms with Crippen molar-refractivity contribution in [1.29, 1.82) is 0 Å². The molecule has 1 saturated heterocycles. The molecule has 0 radical (unpaired) electrons. The maximum Gasteiger partial charge on any atom is 0.187 e. The van der Waals surface area contributed by atoms with E-state index in [1.165, 1.54) is 6.42 Å². The Labute approximate surface area is 95.8 Å². The van der Waals surface area contributed by atoms with Crippen LogP contribution in [-0.2, 0) is 14.3 Å². The van der Waals surface area contributed by atoms with Crippen LogP contribution >= 0.6 is 0 Å². The minimum absolute atomic E-state index is 0.0319. The summed E-state index contributed by atoms with van der Waals surface area (Å²) in [5.74, 6) is -0.335. The van der Waals surface area contributed by atoms with E-state index in [1.807, 2.05) is 6.92 Å². The second-order valence-electron chi connectivity index (χ2n) is 5.26. The van der Waals surface area contributed by atoms with Gasteiger partial charge in [0, 0.05) is 12.8 Å². The van der Waals surface area contributed by atoms with Crippen LogP contribution in [0.4, 0.5) is 0 Å². The van der Waals surface area contributed by atoms with Crippen molar-refractivity contribution in [3.63, 3.8) is 0 Å². The van der Waals surface area contributed by atoms with Crippen LogP contribution in [0.2, 0.25) is 0 Å². The summed E-state index contributed by atoms with van der Waals surface area (Å²) >= 11 is 0. The number of carbonyl (C=O) groups excluding carboxylic acids is 1.